The van der Waals surface area contributed by atoms with Crippen molar-refractivity contribution in [2.45, 2.75) is 12.8 Å². The van der Waals surface area contributed by atoms with E-state index in [1.54, 1.807) is 7.11 Å². The molecule has 0 fully saturated rings. The second kappa shape index (κ2) is 4.94. The Hall–Kier alpha value is -1.62. The van der Waals surface area contributed by atoms with Crippen LogP contribution < -0.4 is 4.74 Å². The third-order valence-electron chi connectivity index (χ3n) is 2.28. The molecule has 2 aromatic rings. The van der Waals surface area contributed by atoms with Gasteiger partial charge >= 0.3 is 0 Å². The standard InChI is InChI=1S/C11H12N2O2S/c1-14-9-5-3-2-4-8(9)6-7-10-12-13-11(16)15-10/h2-5H,6-7H2,1H3,(H,13,16). The molecule has 0 bridgehead atoms. The Bertz CT molecular complexity index is 518. The van der Waals surface area contributed by atoms with Crippen LogP contribution in [0.15, 0.2) is 28.7 Å². The molecule has 0 atom stereocenters. The summed E-state index contributed by atoms with van der Waals surface area (Å²) in [5.41, 5.74) is 1.13. The van der Waals surface area contributed by atoms with E-state index >= 15 is 0 Å². The summed E-state index contributed by atoms with van der Waals surface area (Å²) in [6.45, 7) is 0. The van der Waals surface area contributed by atoms with E-state index < -0.39 is 0 Å². The molecule has 0 spiro atoms. The molecule has 0 saturated carbocycles. The molecule has 1 aromatic heterocycles. The molecular formula is C11H12N2O2S. The summed E-state index contributed by atoms with van der Waals surface area (Å²) in [5.74, 6) is 1.51. The topological polar surface area (TPSA) is 51.0 Å². The van der Waals surface area contributed by atoms with Gasteiger partial charge in [0.05, 0.1) is 7.11 Å². The summed E-state index contributed by atoms with van der Waals surface area (Å²) >= 11 is 4.80. The summed E-state index contributed by atoms with van der Waals surface area (Å²) in [4.78, 5) is 0.315. The second-order valence-corrected chi connectivity index (χ2v) is 3.69. The first kappa shape index (κ1) is 10.9. The van der Waals surface area contributed by atoms with Gasteiger partial charge in [-0.2, -0.15) is 0 Å². The van der Waals surface area contributed by atoms with Crippen LogP contribution in [0.3, 0.4) is 0 Å². The maximum absolute atomic E-state index is 5.26. The molecule has 1 aromatic carbocycles. The first-order chi connectivity index (χ1) is 7.79. The fourth-order valence-corrected chi connectivity index (χ4v) is 1.66. The van der Waals surface area contributed by atoms with E-state index in [0.717, 1.165) is 17.7 Å². The van der Waals surface area contributed by atoms with E-state index in [1.165, 1.54) is 0 Å². The number of methoxy groups -OCH3 is 1. The summed E-state index contributed by atoms with van der Waals surface area (Å²) in [6, 6.07) is 7.90. The van der Waals surface area contributed by atoms with Crippen molar-refractivity contribution in [3.8, 4) is 5.75 Å². The van der Waals surface area contributed by atoms with Crippen LogP contribution in [0.4, 0.5) is 0 Å². The van der Waals surface area contributed by atoms with E-state index in [9.17, 15) is 0 Å². The van der Waals surface area contributed by atoms with E-state index in [-0.39, 0.29) is 0 Å². The van der Waals surface area contributed by atoms with Crippen molar-refractivity contribution in [3.63, 3.8) is 0 Å². The molecule has 4 nitrogen and oxygen atoms in total. The van der Waals surface area contributed by atoms with E-state index in [1.807, 2.05) is 24.3 Å². The molecule has 1 heterocycles. The van der Waals surface area contributed by atoms with Crippen molar-refractivity contribution >= 4 is 12.2 Å². The van der Waals surface area contributed by atoms with E-state index in [2.05, 4.69) is 10.2 Å². The maximum Gasteiger partial charge on any atom is 0.284 e. The zero-order chi connectivity index (χ0) is 11.4. The van der Waals surface area contributed by atoms with Gasteiger partial charge in [-0.3, -0.25) is 0 Å². The molecule has 2 rings (SSSR count). The Morgan fingerprint density at radius 2 is 2.19 bits per heavy atom. The van der Waals surface area contributed by atoms with Gasteiger partial charge in [-0.25, -0.2) is 5.10 Å². The highest BCUT2D eigenvalue weighted by molar-refractivity contribution is 7.71. The monoisotopic (exact) mass is 236 g/mol. The fraction of sp³-hybridized carbons (Fsp3) is 0.273. The van der Waals surface area contributed by atoms with Gasteiger partial charge < -0.3 is 9.15 Å². The molecular weight excluding hydrogens is 224 g/mol. The summed E-state index contributed by atoms with van der Waals surface area (Å²) < 4.78 is 10.4. The van der Waals surface area contributed by atoms with Gasteiger partial charge in [0.1, 0.15) is 5.75 Å². The van der Waals surface area contributed by atoms with Crippen molar-refractivity contribution in [1.82, 2.24) is 10.2 Å². The average molecular weight is 236 g/mol. The zero-order valence-corrected chi connectivity index (χ0v) is 9.71. The normalized spacial score (nSPS) is 10.3. The predicted molar refractivity (Wildman–Crippen MR) is 62.1 cm³/mol. The third kappa shape index (κ3) is 2.49. The number of H-pyrrole nitrogens is 1. The highest BCUT2D eigenvalue weighted by atomic mass is 32.1. The molecule has 84 valence electrons. The zero-order valence-electron chi connectivity index (χ0n) is 8.90. The van der Waals surface area contributed by atoms with Crippen LogP contribution >= 0.6 is 12.2 Å². The predicted octanol–water partition coefficient (Wildman–Crippen LogP) is 2.53. The lowest BCUT2D eigenvalue weighted by atomic mass is 10.1. The number of aromatic amines is 1. The van der Waals surface area contributed by atoms with Crippen molar-refractivity contribution in [2.24, 2.45) is 0 Å². The summed E-state index contributed by atoms with van der Waals surface area (Å²) in [6.07, 6.45) is 1.51. The van der Waals surface area contributed by atoms with Crippen LogP contribution in [0.25, 0.3) is 0 Å². The Morgan fingerprint density at radius 1 is 1.38 bits per heavy atom. The second-order valence-electron chi connectivity index (χ2n) is 3.32. The van der Waals surface area contributed by atoms with Gasteiger partial charge in [-0.1, -0.05) is 18.2 Å². The van der Waals surface area contributed by atoms with Crippen LogP contribution in [0.5, 0.6) is 5.75 Å². The number of benzene rings is 1. The average Bonchev–Trinajstić information content (AvgIpc) is 2.73. The number of rotatable bonds is 4. The number of nitrogens with one attached hydrogen (secondary N) is 1. The number of aryl methyl sites for hydroxylation is 2. The molecule has 0 unspecified atom stereocenters. The lowest BCUT2D eigenvalue weighted by Crippen LogP contribution is -1.95. The Labute approximate surface area is 98.3 Å². The van der Waals surface area contributed by atoms with Crippen LogP contribution in [-0.4, -0.2) is 17.3 Å². The van der Waals surface area contributed by atoms with E-state index in [0.29, 0.717) is 17.1 Å². The van der Waals surface area contributed by atoms with Gasteiger partial charge in [0.15, 0.2) is 0 Å². The molecule has 16 heavy (non-hydrogen) atoms. The molecule has 0 aliphatic carbocycles. The largest absolute Gasteiger partial charge is 0.496 e. The third-order valence-corrected chi connectivity index (χ3v) is 2.46. The molecule has 0 aliphatic heterocycles. The Morgan fingerprint density at radius 3 is 2.88 bits per heavy atom. The number of para-hydroxylation sites is 1. The quantitative estimate of drug-likeness (QED) is 0.829. The minimum atomic E-state index is 0.315. The minimum absolute atomic E-state index is 0.315. The Kier molecular flexibility index (Phi) is 3.36. The molecule has 0 saturated heterocycles. The lowest BCUT2D eigenvalue weighted by Gasteiger charge is -2.06. The van der Waals surface area contributed by atoms with Crippen molar-refractivity contribution in [3.05, 3.63) is 40.6 Å². The SMILES string of the molecule is COc1ccccc1CCc1n[nH]c(=S)o1. The maximum atomic E-state index is 5.26. The number of nitrogens with zero attached hydrogens (tertiary/aromatic N) is 1. The van der Waals surface area contributed by atoms with Gasteiger partial charge in [-0.05, 0) is 30.3 Å². The molecule has 0 amide bonds. The van der Waals surface area contributed by atoms with Gasteiger partial charge in [-0.15, -0.1) is 5.10 Å². The summed E-state index contributed by atoms with van der Waals surface area (Å²) in [7, 11) is 1.67. The Balaban J connectivity index is 2.07. The van der Waals surface area contributed by atoms with E-state index in [4.69, 9.17) is 21.4 Å². The first-order valence-corrected chi connectivity index (χ1v) is 5.36. The smallest absolute Gasteiger partial charge is 0.284 e. The number of hydrogen-bond donors (Lipinski definition) is 1. The molecule has 1 N–H and O–H groups in total. The highest BCUT2D eigenvalue weighted by Gasteiger charge is 2.04. The van der Waals surface area contributed by atoms with Gasteiger partial charge in [0.2, 0.25) is 5.89 Å². The van der Waals surface area contributed by atoms with Crippen molar-refractivity contribution < 1.29 is 9.15 Å². The van der Waals surface area contributed by atoms with Crippen LogP contribution in [0, 0.1) is 4.84 Å². The number of aromatic nitrogens is 2. The molecule has 0 aliphatic rings. The highest BCUT2D eigenvalue weighted by Crippen LogP contribution is 2.18. The van der Waals surface area contributed by atoms with Gasteiger partial charge in [0.25, 0.3) is 4.84 Å². The number of ether oxygens (including phenoxy) is 1. The minimum Gasteiger partial charge on any atom is -0.496 e. The first-order valence-electron chi connectivity index (χ1n) is 4.96. The van der Waals surface area contributed by atoms with Crippen molar-refractivity contribution in [2.75, 3.05) is 7.11 Å². The fourth-order valence-electron chi connectivity index (χ4n) is 1.52. The molecule has 0 radical (unpaired) electrons. The van der Waals surface area contributed by atoms with Crippen molar-refractivity contribution in [1.29, 1.82) is 0 Å². The lowest BCUT2D eigenvalue weighted by molar-refractivity contribution is 0.408. The molecule has 5 heteroatoms. The van der Waals surface area contributed by atoms with Crippen LogP contribution in [0.2, 0.25) is 0 Å². The summed E-state index contributed by atoms with van der Waals surface area (Å²) in [5, 5.41) is 6.55. The van der Waals surface area contributed by atoms with Gasteiger partial charge in [0, 0.05) is 6.42 Å². The number of hydrogen-bond acceptors (Lipinski definition) is 4. The van der Waals surface area contributed by atoms with Crippen LogP contribution in [0.1, 0.15) is 11.5 Å². The van der Waals surface area contributed by atoms with Crippen LogP contribution in [-0.2, 0) is 12.8 Å².